The molecule has 0 fully saturated rings. The lowest BCUT2D eigenvalue weighted by Crippen LogP contribution is -2.28. The second-order valence-electron chi connectivity index (χ2n) is 4.47. The van der Waals surface area contributed by atoms with Crippen LogP contribution in [0.15, 0.2) is 12.1 Å². The Morgan fingerprint density at radius 1 is 1.47 bits per heavy atom. The third kappa shape index (κ3) is 3.90. The van der Waals surface area contributed by atoms with Gasteiger partial charge in [0.2, 0.25) is 5.91 Å². The van der Waals surface area contributed by atoms with Crippen LogP contribution in [0.1, 0.15) is 30.6 Å². The van der Waals surface area contributed by atoms with Crippen molar-refractivity contribution in [2.45, 2.75) is 32.5 Å². The first kappa shape index (κ1) is 15.4. The van der Waals surface area contributed by atoms with E-state index in [1.54, 1.807) is 0 Å². The number of amides is 1. The Labute approximate surface area is 111 Å². The molecule has 0 heterocycles. The van der Waals surface area contributed by atoms with Crippen LogP contribution in [0.5, 0.6) is 0 Å². The third-order valence-electron chi connectivity index (χ3n) is 2.96. The van der Waals surface area contributed by atoms with Crippen LogP contribution in [0.2, 0.25) is 0 Å². The van der Waals surface area contributed by atoms with Gasteiger partial charge in [0.15, 0.2) is 0 Å². The molecule has 0 saturated carbocycles. The van der Waals surface area contributed by atoms with Crippen LogP contribution in [0, 0.1) is 12.7 Å². The first-order chi connectivity index (χ1) is 8.84. The number of rotatable bonds is 5. The fraction of sp³-hybridized carbons (Fsp3) is 0.462. The molecule has 0 aliphatic carbocycles. The Kier molecular flexibility index (Phi) is 5.26. The molecular weight excluding hydrogens is 251 g/mol. The molecule has 1 rings (SSSR count). The van der Waals surface area contributed by atoms with Gasteiger partial charge in [-0.3, -0.25) is 4.79 Å². The van der Waals surface area contributed by atoms with Gasteiger partial charge in [0.25, 0.3) is 0 Å². The van der Waals surface area contributed by atoms with E-state index in [4.69, 9.17) is 5.73 Å². The molecule has 0 saturated heterocycles. The molecule has 106 valence electrons. The van der Waals surface area contributed by atoms with Crippen LogP contribution < -0.4 is 11.1 Å². The smallest absolute Gasteiger partial charge is 0.216 e. The van der Waals surface area contributed by atoms with Crippen LogP contribution in [-0.4, -0.2) is 28.8 Å². The van der Waals surface area contributed by atoms with Gasteiger partial charge in [-0.1, -0.05) is 6.07 Å². The van der Waals surface area contributed by atoms with E-state index in [1.807, 2.05) is 0 Å². The van der Waals surface area contributed by atoms with Crippen LogP contribution in [0.25, 0.3) is 0 Å². The summed E-state index contributed by atoms with van der Waals surface area (Å²) in [6, 6.07) is 2.83. The van der Waals surface area contributed by atoms with Gasteiger partial charge in [-0.05, 0) is 19.4 Å². The molecule has 0 bridgehead atoms. The first-order valence-electron chi connectivity index (χ1n) is 5.99. The molecule has 0 aromatic heterocycles. The number of nitrogens with two attached hydrogens (primary N) is 1. The summed E-state index contributed by atoms with van der Waals surface area (Å²) in [5.74, 6) is -0.845. The zero-order chi connectivity index (χ0) is 14.6. The summed E-state index contributed by atoms with van der Waals surface area (Å²) in [5, 5.41) is 22.2. The van der Waals surface area contributed by atoms with Crippen LogP contribution in [-0.2, 0) is 4.79 Å². The fourth-order valence-electron chi connectivity index (χ4n) is 1.71. The van der Waals surface area contributed by atoms with E-state index < -0.39 is 18.0 Å². The minimum absolute atomic E-state index is 0.00188. The highest BCUT2D eigenvalue weighted by Crippen LogP contribution is 2.26. The van der Waals surface area contributed by atoms with Crippen molar-refractivity contribution in [3.8, 4) is 0 Å². The lowest BCUT2D eigenvalue weighted by molar-refractivity contribution is -0.119. The molecule has 1 aromatic rings. The average molecular weight is 270 g/mol. The molecule has 5 nitrogen and oxygen atoms in total. The standard InChI is InChI=1S/C13H19FN2O3/c1-7-10(15)4-3-9(12(7)14)13(19)11(18)5-6-16-8(2)17/h3-4,11,13,18-19H,5-6,15H2,1-2H3,(H,16,17). The van der Waals surface area contributed by atoms with Gasteiger partial charge in [0, 0.05) is 30.3 Å². The Morgan fingerprint density at radius 3 is 2.68 bits per heavy atom. The second kappa shape index (κ2) is 6.49. The van der Waals surface area contributed by atoms with Crippen LogP contribution in [0.3, 0.4) is 0 Å². The van der Waals surface area contributed by atoms with E-state index in [0.717, 1.165) is 0 Å². The van der Waals surface area contributed by atoms with Gasteiger partial charge in [-0.15, -0.1) is 0 Å². The van der Waals surface area contributed by atoms with Gasteiger partial charge in [-0.2, -0.15) is 0 Å². The molecule has 0 aliphatic heterocycles. The number of anilines is 1. The first-order valence-corrected chi connectivity index (χ1v) is 5.99. The molecule has 0 aliphatic rings. The highest BCUT2D eigenvalue weighted by atomic mass is 19.1. The predicted molar refractivity (Wildman–Crippen MR) is 69.8 cm³/mol. The number of hydrogen-bond donors (Lipinski definition) is 4. The highest BCUT2D eigenvalue weighted by Gasteiger charge is 2.22. The summed E-state index contributed by atoms with van der Waals surface area (Å²) in [7, 11) is 0. The number of aliphatic hydroxyl groups is 2. The summed E-state index contributed by atoms with van der Waals surface area (Å²) >= 11 is 0. The molecule has 19 heavy (non-hydrogen) atoms. The van der Waals surface area contributed by atoms with E-state index in [9.17, 15) is 19.4 Å². The minimum atomic E-state index is -1.35. The molecule has 1 amide bonds. The van der Waals surface area contributed by atoms with Crippen LogP contribution in [0.4, 0.5) is 10.1 Å². The van der Waals surface area contributed by atoms with E-state index in [2.05, 4.69) is 5.32 Å². The molecular formula is C13H19FN2O3. The lowest BCUT2D eigenvalue weighted by atomic mass is 9.98. The molecule has 5 N–H and O–H groups in total. The largest absolute Gasteiger partial charge is 0.398 e. The normalized spacial score (nSPS) is 13.9. The number of benzene rings is 1. The van der Waals surface area contributed by atoms with Crippen molar-refractivity contribution >= 4 is 11.6 Å². The number of nitrogen functional groups attached to an aromatic ring is 1. The van der Waals surface area contributed by atoms with Crippen molar-refractivity contribution in [2.24, 2.45) is 0 Å². The number of nitrogens with one attached hydrogen (secondary N) is 1. The molecule has 2 atom stereocenters. The number of aliphatic hydroxyl groups excluding tert-OH is 2. The number of carbonyl (C=O) groups is 1. The lowest BCUT2D eigenvalue weighted by Gasteiger charge is -2.20. The van der Waals surface area contributed by atoms with Gasteiger partial charge in [-0.25, -0.2) is 4.39 Å². The summed E-state index contributed by atoms with van der Waals surface area (Å²) in [6.07, 6.45) is -2.39. The zero-order valence-electron chi connectivity index (χ0n) is 11.0. The topological polar surface area (TPSA) is 95.6 Å². The number of halogens is 1. The molecule has 0 radical (unpaired) electrons. The zero-order valence-corrected chi connectivity index (χ0v) is 11.0. The van der Waals surface area contributed by atoms with Crippen molar-refractivity contribution in [3.63, 3.8) is 0 Å². The fourth-order valence-corrected chi connectivity index (χ4v) is 1.71. The summed E-state index contributed by atoms with van der Waals surface area (Å²) in [5.41, 5.74) is 6.08. The van der Waals surface area contributed by atoms with E-state index in [-0.39, 0.29) is 30.0 Å². The Bertz CT molecular complexity index is 465. The molecule has 0 spiro atoms. The predicted octanol–water partition coefficient (Wildman–Crippen LogP) is 0.637. The Balaban J connectivity index is 2.74. The van der Waals surface area contributed by atoms with Gasteiger partial charge in [0.1, 0.15) is 11.9 Å². The SMILES string of the molecule is CC(=O)NCCC(O)C(O)c1ccc(N)c(C)c1F. The van der Waals surface area contributed by atoms with Gasteiger partial charge in [0.05, 0.1) is 6.10 Å². The van der Waals surface area contributed by atoms with E-state index in [1.165, 1.54) is 26.0 Å². The Hall–Kier alpha value is -1.66. The maximum Gasteiger partial charge on any atom is 0.216 e. The van der Waals surface area contributed by atoms with Crippen molar-refractivity contribution in [3.05, 3.63) is 29.1 Å². The Morgan fingerprint density at radius 2 is 2.11 bits per heavy atom. The van der Waals surface area contributed by atoms with Gasteiger partial charge >= 0.3 is 0 Å². The van der Waals surface area contributed by atoms with Crippen molar-refractivity contribution in [1.29, 1.82) is 0 Å². The second-order valence-corrected chi connectivity index (χ2v) is 4.47. The van der Waals surface area contributed by atoms with Crippen molar-refractivity contribution in [2.75, 3.05) is 12.3 Å². The molecule has 6 heteroatoms. The molecule has 1 aromatic carbocycles. The highest BCUT2D eigenvalue weighted by molar-refractivity contribution is 5.72. The van der Waals surface area contributed by atoms with Crippen LogP contribution >= 0.6 is 0 Å². The van der Waals surface area contributed by atoms with Crippen molar-refractivity contribution in [1.82, 2.24) is 5.32 Å². The summed E-state index contributed by atoms with van der Waals surface area (Å²) in [4.78, 5) is 10.7. The maximum atomic E-state index is 13.9. The van der Waals surface area contributed by atoms with E-state index >= 15 is 0 Å². The van der Waals surface area contributed by atoms with Gasteiger partial charge < -0.3 is 21.3 Å². The number of carbonyl (C=O) groups excluding carboxylic acids is 1. The average Bonchev–Trinajstić information content (AvgIpc) is 2.35. The minimum Gasteiger partial charge on any atom is -0.398 e. The van der Waals surface area contributed by atoms with E-state index in [0.29, 0.717) is 5.69 Å². The third-order valence-corrected chi connectivity index (χ3v) is 2.96. The summed E-state index contributed by atoms with van der Waals surface area (Å²) < 4.78 is 13.9. The van der Waals surface area contributed by atoms with Crippen molar-refractivity contribution < 1.29 is 19.4 Å². The quantitative estimate of drug-likeness (QED) is 0.590. The number of hydrogen-bond acceptors (Lipinski definition) is 4. The summed E-state index contributed by atoms with van der Waals surface area (Å²) in [6.45, 7) is 3.07. The maximum absolute atomic E-state index is 13.9. The monoisotopic (exact) mass is 270 g/mol. The molecule has 2 unspecified atom stereocenters.